The molecule has 3 heteroatoms. The van der Waals surface area contributed by atoms with Crippen molar-refractivity contribution in [1.29, 1.82) is 0 Å². The van der Waals surface area contributed by atoms with E-state index in [2.05, 4.69) is 203 Å². The molecule has 1 aromatic heterocycles. The maximum absolute atomic E-state index is 6.56. The minimum Gasteiger partial charge on any atom is -0.378 e. The Bertz CT molecular complexity index is 1910. The summed E-state index contributed by atoms with van der Waals surface area (Å²) in [6.45, 7) is 2.11. The van der Waals surface area contributed by atoms with Gasteiger partial charge in [0.2, 0.25) is 0 Å². The van der Waals surface area contributed by atoms with Gasteiger partial charge in [0.25, 0.3) is 0 Å². The third-order valence-electron chi connectivity index (χ3n) is 8.32. The highest BCUT2D eigenvalue weighted by atomic mass is 16.3. The first-order valence-corrected chi connectivity index (χ1v) is 16.0. The zero-order valence-corrected chi connectivity index (χ0v) is 27.8. The molecule has 5 aromatic carbocycles. The predicted molar refractivity (Wildman–Crippen MR) is 204 cm³/mol. The van der Waals surface area contributed by atoms with Crippen LogP contribution in [0.3, 0.4) is 0 Å². The Kier molecular flexibility index (Phi) is 9.45. The molecule has 6 rings (SSSR count). The fraction of sp³-hybridized carbons (Fsp3) is 0.114. The van der Waals surface area contributed by atoms with Gasteiger partial charge >= 0.3 is 11.5 Å². The van der Waals surface area contributed by atoms with E-state index in [4.69, 9.17) is 4.42 Å². The fourth-order valence-corrected chi connectivity index (χ4v) is 5.37. The molecule has 0 aliphatic carbocycles. The summed E-state index contributed by atoms with van der Waals surface area (Å²) in [6, 6.07) is 47.2. The number of benzene rings is 5. The van der Waals surface area contributed by atoms with Crippen LogP contribution in [0.25, 0.3) is 58.1 Å². The summed E-state index contributed by atoms with van der Waals surface area (Å²) in [5.41, 5.74) is 12.6. The molecule has 0 saturated heterocycles. The van der Waals surface area contributed by atoms with Gasteiger partial charge in [0.1, 0.15) is 0 Å². The Balaban J connectivity index is 1.23. The van der Waals surface area contributed by atoms with Gasteiger partial charge in [-0.05, 0) is 83.3 Å². The molecule has 0 radical (unpaired) electrons. The van der Waals surface area contributed by atoms with Crippen molar-refractivity contribution in [3.05, 3.63) is 161 Å². The summed E-state index contributed by atoms with van der Waals surface area (Å²) in [5.74, 6) is 1.66. The van der Waals surface area contributed by atoms with Gasteiger partial charge in [0.05, 0.1) is 23.3 Å². The van der Waals surface area contributed by atoms with Crippen molar-refractivity contribution in [3.63, 3.8) is 0 Å². The Morgan fingerprint density at radius 2 is 0.702 bits per heavy atom. The van der Waals surface area contributed by atoms with Crippen LogP contribution in [-0.2, 0) is 0 Å². The number of hydrogen-bond acceptors (Lipinski definition) is 2. The molecule has 0 amide bonds. The van der Waals surface area contributed by atoms with E-state index in [1.165, 1.54) is 22.4 Å². The quantitative estimate of drug-likeness (QED) is 0.119. The average Bonchev–Trinajstić information content (AvgIpc) is 3.11. The predicted octanol–water partition coefficient (Wildman–Crippen LogP) is 11.3. The molecule has 0 aliphatic heterocycles. The van der Waals surface area contributed by atoms with Crippen molar-refractivity contribution in [2.75, 3.05) is 38.0 Å². The summed E-state index contributed by atoms with van der Waals surface area (Å²) in [6.07, 6.45) is 8.61. The van der Waals surface area contributed by atoms with Crippen molar-refractivity contribution in [2.24, 2.45) is 0 Å². The number of anilines is 2. The van der Waals surface area contributed by atoms with E-state index < -0.39 is 0 Å². The topological polar surface area (TPSA) is 17.8 Å². The Morgan fingerprint density at radius 3 is 1.09 bits per heavy atom. The first-order chi connectivity index (χ1) is 22.8. The van der Waals surface area contributed by atoms with E-state index in [0.717, 1.165) is 50.6 Å². The standard InChI is InChI=1S/C44H41N2O/c1-32-6-8-33(9-7-32)10-11-34-12-14-35(15-13-34)16-17-36-18-20-38(21-19-36)43-30-40(37-22-26-41(27-23-37)45(2)3)31-44(47-43)39-24-28-42(29-25-39)46(4)5/h6-31H,1-5H3/q+1. The second-order valence-electron chi connectivity index (χ2n) is 12.3. The van der Waals surface area contributed by atoms with Gasteiger partial charge in [-0.3, -0.25) is 0 Å². The summed E-state index contributed by atoms with van der Waals surface area (Å²) in [4.78, 5) is 4.22. The maximum atomic E-state index is 6.56. The third-order valence-corrected chi connectivity index (χ3v) is 8.32. The Hall–Kier alpha value is -5.67. The van der Waals surface area contributed by atoms with E-state index in [1.54, 1.807) is 0 Å². The van der Waals surface area contributed by atoms with Gasteiger partial charge in [-0.15, -0.1) is 0 Å². The van der Waals surface area contributed by atoms with Crippen molar-refractivity contribution in [2.45, 2.75) is 6.92 Å². The second kappa shape index (κ2) is 14.2. The monoisotopic (exact) mass is 613 g/mol. The van der Waals surface area contributed by atoms with Crippen LogP contribution < -0.4 is 9.80 Å². The first kappa shape index (κ1) is 31.3. The molecule has 0 fully saturated rings. The van der Waals surface area contributed by atoms with Crippen molar-refractivity contribution in [3.8, 4) is 33.8 Å². The van der Waals surface area contributed by atoms with Crippen LogP contribution >= 0.6 is 0 Å². The molecule has 0 atom stereocenters. The van der Waals surface area contributed by atoms with Crippen molar-refractivity contribution >= 4 is 35.7 Å². The van der Waals surface area contributed by atoms with Gasteiger partial charge < -0.3 is 9.80 Å². The summed E-state index contributed by atoms with van der Waals surface area (Å²) in [7, 11) is 8.22. The molecule has 0 aliphatic rings. The van der Waals surface area contributed by atoms with Gasteiger partial charge in [0.15, 0.2) is 0 Å². The number of aryl methyl sites for hydroxylation is 1. The molecule has 3 nitrogen and oxygen atoms in total. The van der Waals surface area contributed by atoms with Crippen LogP contribution in [0.5, 0.6) is 0 Å². The van der Waals surface area contributed by atoms with E-state index in [0.29, 0.717) is 0 Å². The molecular weight excluding hydrogens is 572 g/mol. The smallest absolute Gasteiger partial charge is 0.361 e. The lowest BCUT2D eigenvalue weighted by Crippen LogP contribution is -2.08. The van der Waals surface area contributed by atoms with E-state index in [-0.39, 0.29) is 0 Å². The van der Waals surface area contributed by atoms with Crippen LogP contribution in [0.1, 0.15) is 27.8 Å². The van der Waals surface area contributed by atoms with Crippen LogP contribution in [0.2, 0.25) is 0 Å². The zero-order chi connectivity index (χ0) is 32.8. The Labute approximate surface area is 279 Å². The van der Waals surface area contributed by atoms with Crippen LogP contribution in [-0.4, -0.2) is 28.2 Å². The molecule has 0 unspecified atom stereocenters. The summed E-state index contributed by atoms with van der Waals surface area (Å²) >= 11 is 0. The maximum Gasteiger partial charge on any atom is 0.361 e. The molecule has 1 heterocycles. The van der Waals surface area contributed by atoms with E-state index >= 15 is 0 Å². The normalized spacial score (nSPS) is 11.3. The van der Waals surface area contributed by atoms with Crippen LogP contribution in [0.4, 0.5) is 11.4 Å². The molecule has 47 heavy (non-hydrogen) atoms. The summed E-state index contributed by atoms with van der Waals surface area (Å²) < 4.78 is 6.56. The molecule has 0 bridgehead atoms. The van der Waals surface area contributed by atoms with Crippen LogP contribution in [0, 0.1) is 6.92 Å². The second-order valence-corrected chi connectivity index (χ2v) is 12.3. The van der Waals surface area contributed by atoms with E-state index in [1.807, 2.05) is 0 Å². The minimum absolute atomic E-state index is 0.829. The fourth-order valence-electron chi connectivity index (χ4n) is 5.37. The van der Waals surface area contributed by atoms with Gasteiger partial charge in [-0.1, -0.05) is 103 Å². The number of nitrogens with zero attached hydrogens (tertiary/aromatic N) is 2. The zero-order valence-electron chi connectivity index (χ0n) is 27.8. The molecule has 0 N–H and O–H groups in total. The molecule has 0 spiro atoms. The number of rotatable bonds is 9. The molecule has 6 aromatic rings. The summed E-state index contributed by atoms with van der Waals surface area (Å²) in [5, 5.41) is 0. The lowest BCUT2D eigenvalue weighted by atomic mass is 10.0. The molecular formula is C44H41N2O+. The average molecular weight is 614 g/mol. The molecule has 232 valence electrons. The number of hydrogen-bond donors (Lipinski definition) is 0. The highest BCUT2D eigenvalue weighted by Gasteiger charge is 2.21. The van der Waals surface area contributed by atoms with E-state index in [9.17, 15) is 0 Å². The van der Waals surface area contributed by atoms with Crippen LogP contribution in [0.15, 0.2) is 138 Å². The largest absolute Gasteiger partial charge is 0.378 e. The first-order valence-electron chi connectivity index (χ1n) is 16.0. The van der Waals surface area contributed by atoms with Crippen molar-refractivity contribution < 1.29 is 4.42 Å². The van der Waals surface area contributed by atoms with Gasteiger partial charge in [-0.25, -0.2) is 4.42 Å². The lowest BCUT2D eigenvalue weighted by Gasteiger charge is -2.13. The Morgan fingerprint density at radius 1 is 0.383 bits per heavy atom. The van der Waals surface area contributed by atoms with Gasteiger partial charge in [-0.2, -0.15) is 0 Å². The minimum atomic E-state index is 0.829. The molecule has 0 saturated carbocycles. The lowest BCUT2D eigenvalue weighted by molar-refractivity contribution is 0.582. The SMILES string of the molecule is Cc1ccc(C=Cc2ccc(C=Cc3ccc(-c4cc(-c5ccc(N(C)C)cc5)cc(-c5ccc(N(C)C)cc5)[o+]4)cc3)cc2)cc1. The highest BCUT2D eigenvalue weighted by molar-refractivity contribution is 5.77. The third kappa shape index (κ3) is 7.95. The van der Waals surface area contributed by atoms with Gasteiger partial charge in [0, 0.05) is 45.1 Å². The highest BCUT2D eigenvalue weighted by Crippen LogP contribution is 2.34. The van der Waals surface area contributed by atoms with Crippen molar-refractivity contribution in [1.82, 2.24) is 0 Å².